The predicted molar refractivity (Wildman–Crippen MR) is 95.9 cm³/mol. The van der Waals surface area contributed by atoms with Gasteiger partial charge >= 0.3 is 5.63 Å². The average Bonchev–Trinajstić information content (AvgIpc) is 2.61. The van der Waals surface area contributed by atoms with Crippen molar-refractivity contribution in [2.24, 2.45) is 5.92 Å². The molecule has 2 heterocycles. The van der Waals surface area contributed by atoms with Crippen molar-refractivity contribution in [2.45, 2.75) is 5.92 Å². The van der Waals surface area contributed by atoms with Crippen LogP contribution in [0.3, 0.4) is 0 Å². The minimum atomic E-state index is -0.891. The molecule has 2 aromatic carbocycles. The second-order valence-corrected chi connectivity index (χ2v) is 6.65. The van der Waals surface area contributed by atoms with Crippen molar-refractivity contribution in [2.75, 3.05) is 0 Å². The fourth-order valence-corrected chi connectivity index (χ4v) is 3.43. The Morgan fingerprint density at radius 1 is 1.12 bits per heavy atom. The summed E-state index contributed by atoms with van der Waals surface area (Å²) in [6.07, 6.45) is 0. The number of fused-ring (bicyclic) bond motifs is 3. The lowest BCUT2D eigenvalue weighted by Crippen LogP contribution is -2.34. The third kappa shape index (κ3) is 2.44. The molecule has 3 aromatic rings. The third-order valence-corrected chi connectivity index (χ3v) is 4.83. The predicted octanol–water partition coefficient (Wildman–Crippen LogP) is 4.20. The van der Waals surface area contributed by atoms with Gasteiger partial charge in [-0.15, -0.1) is 0 Å². The van der Waals surface area contributed by atoms with Gasteiger partial charge in [0.05, 0.1) is 17.0 Å². The van der Waals surface area contributed by atoms with Crippen LogP contribution >= 0.6 is 15.9 Å². The van der Waals surface area contributed by atoms with E-state index in [0.29, 0.717) is 16.7 Å². The van der Waals surface area contributed by atoms with Gasteiger partial charge in [-0.25, -0.2) is 4.79 Å². The van der Waals surface area contributed by atoms with Gasteiger partial charge in [0, 0.05) is 10.4 Å². The van der Waals surface area contributed by atoms with Crippen LogP contribution in [-0.4, -0.2) is 5.90 Å². The van der Waals surface area contributed by atoms with Crippen LogP contribution in [0.2, 0.25) is 0 Å². The molecule has 5 nitrogen and oxygen atoms in total. The van der Waals surface area contributed by atoms with Crippen LogP contribution < -0.4 is 10.4 Å². The molecule has 2 atom stereocenters. The number of para-hydroxylation sites is 1. The molecular formula is C19H11BrN2O3. The van der Waals surface area contributed by atoms with Crippen LogP contribution in [0.4, 0.5) is 0 Å². The average molecular weight is 395 g/mol. The van der Waals surface area contributed by atoms with E-state index in [1.807, 2.05) is 24.3 Å². The van der Waals surface area contributed by atoms with Crippen LogP contribution in [0, 0.1) is 22.7 Å². The monoisotopic (exact) mass is 394 g/mol. The Hall–Kier alpha value is -2.91. The van der Waals surface area contributed by atoms with Gasteiger partial charge in [0.15, 0.2) is 5.75 Å². The van der Waals surface area contributed by atoms with Crippen molar-refractivity contribution in [1.29, 1.82) is 10.7 Å². The molecule has 0 saturated carbocycles. The largest absolute Gasteiger partial charge is 0.441 e. The highest BCUT2D eigenvalue weighted by Gasteiger charge is 2.40. The Morgan fingerprint density at radius 2 is 1.84 bits per heavy atom. The quantitative estimate of drug-likeness (QED) is 0.626. The van der Waals surface area contributed by atoms with Crippen LogP contribution in [-0.2, 0) is 0 Å². The topological polar surface area (TPSA) is 87.1 Å². The molecule has 0 amide bonds. The van der Waals surface area contributed by atoms with Crippen LogP contribution in [0.5, 0.6) is 5.75 Å². The zero-order valence-corrected chi connectivity index (χ0v) is 14.4. The molecule has 2 unspecified atom stereocenters. The minimum Gasteiger partial charge on any atom is -0.441 e. The van der Waals surface area contributed by atoms with Crippen molar-refractivity contribution in [1.82, 2.24) is 0 Å². The molecule has 122 valence electrons. The molecular weight excluding hydrogens is 384 g/mol. The Kier molecular flexibility index (Phi) is 3.66. The van der Waals surface area contributed by atoms with E-state index in [9.17, 15) is 10.1 Å². The number of hydrogen-bond acceptors (Lipinski definition) is 5. The second-order valence-electron chi connectivity index (χ2n) is 5.73. The molecule has 0 aliphatic carbocycles. The summed E-state index contributed by atoms with van der Waals surface area (Å²) in [7, 11) is 0. The molecule has 0 bridgehead atoms. The lowest BCUT2D eigenvalue weighted by atomic mass is 9.79. The normalized spacial score (nSPS) is 19.1. The first-order valence-corrected chi connectivity index (χ1v) is 8.36. The van der Waals surface area contributed by atoms with E-state index in [-0.39, 0.29) is 11.5 Å². The molecule has 1 aliphatic rings. The molecule has 6 heteroatoms. The molecule has 0 radical (unpaired) electrons. The Balaban J connectivity index is 2.06. The lowest BCUT2D eigenvalue weighted by molar-refractivity contribution is 0.431. The number of halogens is 1. The number of rotatable bonds is 1. The highest BCUT2D eigenvalue weighted by Crippen LogP contribution is 2.43. The van der Waals surface area contributed by atoms with Gasteiger partial charge in [0.1, 0.15) is 11.5 Å². The molecule has 25 heavy (non-hydrogen) atoms. The molecule has 0 saturated heterocycles. The smallest absolute Gasteiger partial charge is 0.343 e. The summed E-state index contributed by atoms with van der Waals surface area (Å²) in [6, 6.07) is 16.4. The van der Waals surface area contributed by atoms with Gasteiger partial charge in [-0.1, -0.05) is 40.2 Å². The van der Waals surface area contributed by atoms with Gasteiger partial charge in [0.25, 0.3) is 0 Å². The zero-order chi connectivity index (χ0) is 17.6. The summed E-state index contributed by atoms with van der Waals surface area (Å²) in [5.74, 6) is -1.37. The molecule has 1 aliphatic heterocycles. The van der Waals surface area contributed by atoms with Gasteiger partial charge in [-0.2, -0.15) is 5.26 Å². The fourth-order valence-electron chi connectivity index (χ4n) is 3.17. The number of benzene rings is 2. The number of ether oxygens (including phenoxy) is 1. The number of nitrogens with one attached hydrogen (secondary N) is 1. The number of nitrogens with zero attached hydrogens (tertiary/aromatic N) is 1. The maximum absolute atomic E-state index is 12.7. The van der Waals surface area contributed by atoms with Crippen molar-refractivity contribution in [3.8, 4) is 11.8 Å². The van der Waals surface area contributed by atoms with Gasteiger partial charge < -0.3 is 9.15 Å². The maximum atomic E-state index is 12.7. The van der Waals surface area contributed by atoms with Crippen molar-refractivity contribution in [3.63, 3.8) is 0 Å². The van der Waals surface area contributed by atoms with Crippen LogP contribution in [0.1, 0.15) is 17.0 Å². The second kappa shape index (κ2) is 5.87. The summed E-state index contributed by atoms with van der Waals surface area (Å²) in [4.78, 5) is 12.7. The summed E-state index contributed by atoms with van der Waals surface area (Å²) >= 11 is 3.38. The summed E-state index contributed by atoms with van der Waals surface area (Å²) in [6.45, 7) is 0. The van der Waals surface area contributed by atoms with Crippen LogP contribution in [0.25, 0.3) is 11.0 Å². The van der Waals surface area contributed by atoms with E-state index in [1.54, 1.807) is 24.3 Å². The van der Waals surface area contributed by atoms with E-state index in [2.05, 4.69) is 22.0 Å². The summed E-state index contributed by atoms with van der Waals surface area (Å²) in [5, 5.41) is 18.3. The molecule has 4 rings (SSSR count). The van der Waals surface area contributed by atoms with Crippen molar-refractivity contribution in [3.05, 3.63) is 74.6 Å². The van der Waals surface area contributed by atoms with Gasteiger partial charge in [0.2, 0.25) is 5.90 Å². The first kappa shape index (κ1) is 15.6. The zero-order valence-electron chi connectivity index (χ0n) is 12.8. The number of hydrogen-bond donors (Lipinski definition) is 1. The molecule has 1 aromatic heterocycles. The molecule has 1 N–H and O–H groups in total. The van der Waals surface area contributed by atoms with E-state index >= 15 is 0 Å². The Labute approximate surface area is 151 Å². The maximum Gasteiger partial charge on any atom is 0.343 e. The van der Waals surface area contributed by atoms with Gasteiger partial charge in [-0.05, 0) is 29.8 Å². The third-order valence-electron chi connectivity index (χ3n) is 4.31. The first-order chi connectivity index (χ1) is 12.1. The standard InChI is InChI=1S/C19H11BrN2O3/c20-11-7-5-10(6-8-11)15-13(9-21)18(22)25-17-12-3-1-2-4-14(12)24-19(23)16(15)17/h1-8,13,15,22H. The molecule has 0 spiro atoms. The van der Waals surface area contributed by atoms with Crippen molar-refractivity contribution < 1.29 is 9.15 Å². The van der Waals surface area contributed by atoms with Crippen LogP contribution in [0.15, 0.2) is 62.2 Å². The van der Waals surface area contributed by atoms with Crippen molar-refractivity contribution >= 4 is 32.8 Å². The summed E-state index contributed by atoms with van der Waals surface area (Å²) < 4.78 is 11.9. The highest BCUT2D eigenvalue weighted by molar-refractivity contribution is 9.10. The van der Waals surface area contributed by atoms with E-state index in [1.165, 1.54) is 0 Å². The Bertz CT molecular complexity index is 1100. The fraction of sp³-hybridized carbons (Fsp3) is 0.105. The summed E-state index contributed by atoms with van der Waals surface area (Å²) in [5.41, 5.74) is 0.883. The van der Waals surface area contributed by atoms with E-state index < -0.39 is 17.5 Å². The van der Waals surface area contributed by atoms with E-state index in [4.69, 9.17) is 14.6 Å². The van der Waals surface area contributed by atoms with E-state index in [0.717, 1.165) is 10.0 Å². The minimum absolute atomic E-state index is 0.168. The lowest BCUT2D eigenvalue weighted by Gasteiger charge is -2.29. The SMILES string of the molecule is N#CC1C(=N)Oc2c(c(=O)oc3ccccc23)C1c1ccc(Br)cc1. The Morgan fingerprint density at radius 3 is 2.56 bits per heavy atom. The molecule has 0 fully saturated rings. The first-order valence-electron chi connectivity index (χ1n) is 7.57. The van der Waals surface area contributed by atoms with Gasteiger partial charge in [-0.3, -0.25) is 5.41 Å². The number of nitriles is 1. The highest BCUT2D eigenvalue weighted by atomic mass is 79.9.